The second-order valence-corrected chi connectivity index (χ2v) is 6.80. The number of nitrogens with zero attached hydrogens (tertiary/aromatic N) is 3. The maximum absolute atomic E-state index is 11.9. The maximum Gasteiger partial charge on any atom is 0.230 e. The Morgan fingerprint density at radius 1 is 1.35 bits per heavy atom. The fraction of sp³-hybridized carbons (Fsp3) is 0.438. The highest BCUT2D eigenvalue weighted by Crippen LogP contribution is 2.23. The number of hydrogen-bond donors (Lipinski definition) is 1. The van der Waals surface area contributed by atoms with Crippen molar-refractivity contribution in [2.75, 3.05) is 5.75 Å². The monoisotopic (exact) mass is 352 g/mol. The Kier molecular flexibility index (Phi) is 6.47. The van der Waals surface area contributed by atoms with E-state index in [-0.39, 0.29) is 11.9 Å². The molecule has 1 amide bonds. The lowest BCUT2D eigenvalue weighted by molar-refractivity contribution is -0.119. The Morgan fingerprint density at radius 2 is 2.04 bits per heavy atom. The lowest BCUT2D eigenvalue weighted by Gasteiger charge is -2.12. The summed E-state index contributed by atoms with van der Waals surface area (Å²) < 4.78 is 1.89. The van der Waals surface area contributed by atoms with E-state index in [4.69, 9.17) is 11.6 Å². The quantitative estimate of drug-likeness (QED) is 0.774. The summed E-state index contributed by atoms with van der Waals surface area (Å²) in [5.74, 6) is 1.11. The molecule has 0 saturated heterocycles. The number of amides is 1. The predicted octanol–water partition coefficient (Wildman–Crippen LogP) is 3.53. The Hall–Kier alpha value is -1.53. The molecule has 0 aliphatic rings. The largest absolute Gasteiger partial charge is 0.353 e. The fourth-order valence-corrected chi connectivity index (χ4v) is 3.09. The average molecular weight is 353 g/mol. The zero-order valence-electron chi connectivity index (χ0n) is 13.5. The van der Waals surface area contributed by atoms with E-state index in [1.165, 1.54) is 11.8 Å². The molecule has 1 atom stereocenters. The molecule has 0 unspecified atom stereocenters. The molecule has 1 aromatic heterocycles. The average Bonchev–Trinajstić information content (AvgIpc) is 2.87. The second kappa shape index (κ2) is 8.36. The highest BCUT2D eigenvalue weighted by molar-refractivity contribution is 7.99. The van der Waals surface area contributed by atoms with Crippen LogP contribution in [0.1, 0.15) is 26.7 Å². The van der Waals surface area contributed by atoms with Crippen LogP contribution in [0.15, 0.2) is 29.4 Å². The van der Waals surface area contributed by atoms with Crippen LogP contribution < -0.4 is 5.32 Å². The number of halogens is 1. The van der Waals surface area contributed by atoms with Gasteiger partial charge in [-0.25, -0.2) is 0 Å². The van der Waals surface area contributed by atoms with E-state index >= 15 is 0 Å². The van der Waals surface area contributed by atoms with Crippen LogP contribution in [0.5, 0.6) is 0 Å². The minimum atomic E-state index is 0.0204. The molecule has 23 heavy (non-hydrogen) atoms. The molecule has 2 aromatic rings. The third-order valence-electron chi connectivity index (χ3n) is 3.40. The Bertz CT molecular complexity index is 657. The van der Waals surface area contributed by atoms with Crippen molar-refractivity contribution >= 4 is 29.3 Å². The molecule has 2 rings (SSSR count). The van der Waals surface area contributed by atoms with Gasteiger partial charge in [-0.3, -0.25) is 4.79 Å². The summed E-state index contributed by atoms with van der Waals surface area (Å²) >= 11 is 7.29. The van der Waals surface area contributed by atoms with Crippen molar-refractivity contribution in [3.63, 3.8) is 0 Å². The zero-order chi connectivity index (χ0) is 16.8. The second-order valence-electron chi connectivity index (χ2n) is 5.42. The van der Waals surface area contributed by atoms with Crippen LogP contribution in [-0.4, -0.2) is 32.5 Å². The highest BCUT2D eigenvalue weighted by Gasteiger charge is 2.13. The van der Waals surface area contributed by atoms with Gasteiger partial charge in [-0.05, 0) is 37.6 Å². The van der Waals surface area contributed by atoms with Gasteiger partial charge in [0.1, 0.15) is 0 Å². The summed E-state index contributed by atoms with van der Waals surface area (Å²) in [7, 11) is 1.89. The highest BCUT2D eigenvalue weighted by atomic mass is 35.5. The maximum atomic E-state index is 11.9. The number of hydrogen-bond acceptors (Lipinski definition) is 4. The number of nitrogens with one attached hydrogen (secondary N) is 1. The molecule has 0 fully saturated rings. The van der Waals surface area contributed by atoms with Crippen molar-refractivity contribution in [1.82, 2.24) is 20.1 Å². The number of aromatic nitrogens is 3. The predicted molar refractivity (Wildman–Crippen MR) is 94.7 cm³/mol. The van der Waals surface area contributed by atoms with Gasteiger partial charge in [0, 0.05) is 23.7 Å². The lowest BCUT2D eigenvalue weighted by Crippen LogP contribution is -2.33. The van der Waals surface area contributed by atoms with Gasteiger partial charge in [0.25, 0.3) is 0 Å². The van der Waals surface area contributed by atoms with Crippen LogP contribution in [0.3, 0.4) is 0 Å². The van der Waals surface area contributed by atoms with Gasteiger partial charge in [0.2, 0.25) is 5.91 Å². The third-order valence-corrected chi connectivity index (χ3v) is 4.67. The molecule has 0 spiro atoms. The molecular formula is C16H21ClN4OS. The number of benzene rings is 1. The SMILES string of the molecule is CCC[C@@H](C)NC(=O)CSc1nnc(-c2ccc(Cl)cc2)n1C. The Balaban J connectivity index is 1.97. The molecule has 0 aliphatic heterocycles. The van der Waals surface area contributed by atoms with Gasteiger partial charge < -0.3 is 9.88 Å². The van der Waals surface area contributed by atoms with Crippen molar-refractivity contribution in [3.8, 4) is 11.4 Å². The molecule has 1 N–H and O–H groups in total. The van der Waals surface area contributed by atoms with Crippen LogP contribution in [0.4, 0.5) is 0 Å². The van der Waals surface area contributed by atoms with Gasteiger partial charge in [0.05, 0.1) is 5.75 Å². The fourth-order valence-electron chi connectivity index (χ4n) is 2.24. The van der Waals surface area contributed by atoms with Gasteiger partial charge in [0.15, 0.2) is 11.0 Å². The van der Waals surface area contributed by atoms with E-state index in [2.05, 4.69) is 22.4 Å². The molecule has 124 valence electrons. The van der Waals surface area contributed by atoms with Crippen LogP contribution in [0.25, 0.3) is 11.4 Å². The molecule has 0 radical (unpaired) electrons. The normalized spacial score (nSPS) is 12.2. The van der Waals surface area contributed by atoms with Crippen molar-refractivity contribution < 1.29 is 4.79 Å². The van der Waals surface area contributed by atoms with Gasteiger partial charge in [-0.15, -0.1) is 10.2 Å². The standard InChI is InChI=1S/C16H21ClN4OS/c1-4-5-11(2)18-14(22)10-23-16-20-19-15(21(16)3)12-6-8-13(17)9-7-12/h6-9,11H,4-5,10H2,1-3H3,(H,18,22)/t11-/m1/s1. The molecule has 0 saturated carbocycles. The van der Waals surface area contributed by atoms with Crippen molar-refractivity contribution in [2.45, 2.75) is 37.9 Å². The van der Waals surface area contributed by atoms with E-state index in [0.29, 0.717) is 15.9 Å². The van der Waals surface area contributed by atoms with Crippen molar-refractivity contribution in [3.05, 3.63) is 29.3 Å². The smallest absolute Gasteiger partial charge is 0.230 e. The number of rotatable bonds is 7. The first kappa shape index (κ1) is 17.8. The molecule has 0 aliphatic carbocycles. The Labute approximate surface area is 145 Å². The van der Waals surface area contributed by atoms with E-state index in [1.54, 1.807) is 0 Å². The topological polar surface area (TPSA) is 59.8 Å². The number of thioether (sulfide) groups is 1. The summed E-state index contributed by atoms with van der Waals surface area (Å²) in [6.07, 6.45) is 2.05. The van der Waals surface area contributed by atoms with E-state index in [1.807, 2.05) is 42.8 Å². The van der Waals surface area contributed by atoms with Crippen LogP contribution in [0.2, 0.25) is 5.02 Å². The summed E-state index contributed by atoms with van der Waals surface area (Å²) in [6.45, 7) is 4.13. The Morgan fingerprint density at radius 3 is 2.70 bits per heavy atom. The minimum absolute atomic E-state index is 0.0204. The lowest BCUT2D eigenvalue weighted by atomic mass is 10.2. The molecular weight excluding hydrogens is 332 g/mol. The summed E-state index contributed by atoms with van der Waals surface area (Å²) in [4.78, 5) is 11.9. The first-order valence-corrected chi connectivity index (χ1v) is 8.95. The molecule has 5 nitrogen and oxygen atoms in total. The van der Waals surface area contributed by atoms with E-state index < -0.39 is 0 Å². The first-order valence-electron chi connectivity index (χ1n) is 7.58. The minimum Gasteiger partial charge on any atom is -0.353 e. The molecule has 0 bridgehead atoms. The summed E-state index contributed by atoms with van der Waals surface area (Å²) in [6, 6.07) is 7.65. The summed E-state index contributed by atoms with van der Waals surface area (Å²) in [5.41, 5.74) is 0.942. The van der Waals surface area contributed by atoms with Gasteiger partial charge >= 0.3 is 0 Å². The van der Waals surface area contributed by atoms with Gasteiger partial charge in [-0.2, -0.15) is 0 Å². The first-order chi connectivity index (χ1) is 11.0. The van der Waals surface area contributed by atoms with Crippen molar-refractivity contribution in [1.29, 1.82) is 0 Å². The van der Waals surface area contributed by atoms with Crippen LogP contribution in [-0.2, 0) is 11.8 Å². The third kappa shape index (κ3) is 4.97. The molecule has 7 heteroatoms. The van der Waals surface area contributed by atoms with Crippen molar-refractivity contribution in [2.24, 2.45) is 7.05 Å². The number of carbonyl (C=O) groups excluding carboxylic acids is 1. The molecule has 1 aromatic carbocycles. The van der Waals surface area contributed by atoms with Crippen LogP contribution >= 0.6 is 23.4 Å². The summed E-state index contributed by atoms with van der Waals surface area (Å²) in [5, 5.41) is 12.7. The van der Waals surface area contributed by atoms with Gasteiger partial charge in [-0.1, -0.05) is 36.7 Å². The number of carbonyl (C=O) groups is 1. The van der Waals surface area contributed by atoms with Crippen LogP contribution in [0, 0.1) is 0 Å². The van der Waals surface area contributed by atoms with E-state index in [9.17, 15) is 4.79 Å². The zero-order valence-corrected chi connectivity index (χ0v) is 15.1. The molecule has 1 heterocycles. The van der Waals surface area contributed by atoms with E-state index in [0.717, 1.165) is 24.2 Å².